The number of nitriles is 1. The molecular weight excluding hydrogens is 304 g/mol. The lowest BCUT2D eigenvalue weighted by atomic mass is 9.79. The number of sulfonamides is 1. The molecule has 0 aliphatic heterocycles. The molecule has 1 saturated carbocycles. The maximum Gasteiger partial charge on any atom is 0.243 e. The Morgan fingerprint density at radius 1 is 1.35 bits per heavy atom. The Bertz CT molecular complexity index is 573. The quantitative estimate of drug-likeness (QED) is 0.929. The lowest BCUT2D eigenvalue weighted by Crippen LogP contribution is -2.52. The zero-order chi connectivity index (χ0) is 12.5. The Balaban J connectivity index is 2.33. The van der Waals surface area contributed by atoms with E-state index in [4.69, 9.17) is 5.26 Å². The number of benzene rings is 1. The Morgan fingerprint density at radius 3 is 2.47 bits per heavy atom. The van der Waals surface area contributed by atoms with Crippen LogP contribution >= 0.6 is 15.9 Å². The molecule has 1 aromatic carbocycles. The van der Waals surface area contributed by atoms with Crippen LogP contribution < -0.4 is 4.72 Å². The molecule has 0 radical (unpaired) electrons. The average Bonchev–Trinajstić information content (AvgIpc) is 2.24. The Kier molecular flexibility index (Phi) is 3.25. The number of nitrogens with zero attached hydrogens (tertiary/aromatic N) is 1. The zero-order valence-electron chi connectivity index (χ0n) is 8.98. The van der Waals surface area contributed by atoms with Gasteiger partial charge in [0.15, 0.2) is 0 Å². The predicted octanol–water partition coefficient (Wildman–Crippen LogP) is 2.17. The smallest absolute Gasteiger partial charge is 0.207 e. The largest absolute Gasteiger partial charge is 0.243 e. The van der Waals surface area contributed by atoms with Crippen molar-refractivity contribution in [2.45, 2.75) is 29.7 Å². The Labute approximate surface area is 109 Å². The van der Waals surface area contributed by atoms with Gasteiger partial charge in [0.25, 0.3) is 0 Å². The molecule has 1 aromatic rings. The van der Waals surface area contributed by atoms with E-state index in [2.05, 4.69) is 26.7 Å². The van der Waals surface area contributed by atoms with Crippen LogP contribution in [0.2, 0.25) is 0 Å². The summed E-state index contributed by atoms with van der Waals surface area (Å²) in [6.07, 6.45) is 2.03. The van der Waals surface area contributed by atoms with E-state index in [1.807, 2.05) is 0 Å². The molecule has 1 N–H and O–H groups in total. The molecule has 0 saturated heterocycles. The topological polar surface area (TPSA) is 70.0 Å². The molecule has 0 amide bonds. The van der Waals surface area contributed by atoms with Gasteiger partial charge in [0.1, 0.15) is 5.54 Å². The number of halogens is 1. The molecule has 1 aliphatic rings. The van der Waals surface area contributed by atoms with Gasteiger partial charge in [-0.2, -0.15) is 9.98 Å². The first-order chi connectivity index (χ1) is 7.99. The van der Waals surface area contributed by atoms with Crippen molar-refractivity contribution in [2.24, 2.45) is 0 Å². The number of nitrogens with one attached hydrogen (secondary N) is 1. The summed E-state index contributed by atoms with van der Waals surface area (Å²) in [4.78, 5) is 0.168. The van der Waals surface area contributed by atoms with Crippen molar-refractivity contribution in [3.63, 3.8) is 0 Å². The van der Waals surface area contributed by atoms with E-state index in [-0.39, 0.29) is 4.90 Å². The van der Waals surface area contributed by atoms with Crippen molar-refractivity contribution < 1.29 is 8.42 Å². The minimum absolute atomic E-state index is 0.168. The Morgan fingerprint density at radius 2 is 2.00 bits per heavy atom. The van der Waals surface area contributed by atoms with Gasteiger partial charge in [0.05, 0.1) is 11.0 Å². The lowest BCUT2D eigenvalue weighted by molar-refractivity contribution is 0.296. The molecule has 0 bridgehead atoms. The third-order valence-electron chi connectivity index (χ3n) is 2.88. The van der Waals surface area contributed by atoms with Gasteiger partial charge < -0.3 is 0 Å². The summed E-state index contributed by atoms with van der Waals surface area (Å²) in [6.45, 7) is 0. The molecule has 0 spiro atoms. The second kappa shape index (κ2) is 4.41. The summed E-state index contributed by atoms with van der Waals surface area (Å²) >= 11 is 3.20. The molecule has 0 heterocycles. The van der Waals surface area contributed by atoms with E-state index >= 15 is 0 Å². The van der Waals surface area contributed by atoms with Crippen molar-refractivity contribution in [1.82, 2.24) is 4.72 Å². The highest BCUT2D eigenvalue weighted by atomic mass is 79.9. The molecule has 2 rings (SSSR count). The Hall–Kier alpha value is -0.900. The molecule has 6 heteroatoms. The summed E-state index contributed by atoms with van der Waals surface area (Å²) < 4.78 is 27.3. The number of hydrogen-bond donors (Lipinski definition) is 1. The summed E-state index contributed by atoms with van der Waals surface area (Å²) in [5.74, 6) is 0. The second-order valence-corrected chi connectivity index (χ2v) is 6.59. The molecule has 1 fully saturated rings. The van der Waals surface area contributed by atoms with E-state index < -0.39 is 15.6 Å². The highest BCUT2D eigenvalue weighted by Gasteiger charge is 2.41. The molecule has 90 valence electrons. The highest BCUT2D eigenvalue weighted by Crippen LogP contribution is 2.33. The molecule has 0 aromatic heterocycles. The molecule has 1 aliphatic carbocycles. The minimum Gasteiger partial charge on any atom is -0.207 e. The van der Waals surface area contributed by atoms with Crippen molar-refractivity contribution in [2.75, 3.05) is 0 Å². The van der Waals surface area contributed by atoms with Gasteiger partial charge in [-0.25, -0.2) is 8.42 Å². The molecule has 4 nitrogen and oxygen atoms in total. The summed E-state index contributed by atoms with van der Waals surface area (Å²) in [5.41, 5.74) is -0.909. The van der Waals surface area contributed by atoms with Gasteiger partial charge in [-0.3, -0.25) is 0 Å². The van der Waals surface area contributed by atoms with Crippen LogP contribution in [0.25, 0.3) is 0 Å². The van der Waals surface area contributed by atoms with E-state index in [0.29, 0.717) is 17.3 Å². The first-order valence-electron chi connectivity index (χ1n) is 5.19. The van der Waals surface area contributed by atoms with Crippen LogP contribution in [0, 0.1) is 11.3 Å². The predicted molar refractivity (Wildman–Crippen MR) is 66.7 cm³/mol. The van der Waals surface area contributed by atoms with E-state index in [1.54, 1.807) is 18.2 Å². The third kappa shape index (κ3) is 2.37. The molecule has 17 heavy (non-hydrogen) atoms. The summed E-state index contributed by atoms with van der Waals surface area (Å²) in [6, 6.07) is 8.62. The maximum atomic E-state index is 12.1. The third-order valence-corrected chi connectivity index (χ3v) is 5.43. The second-order valence-electron chi connectivity index (χ2n) is 4.08. The fourth-order valence-corrected chi connectivity index (χ4v) is 4.12. The van der Waals surface area contributed by atoms with Crippen molar-refractivity contribution in [1.29, 1.82) is 5.26 Å². The number of hydrogen-bond acceptors (Lipinski definition) is 3. The van der Waals surface area contributed by atoms with E-state index in [9.17, 15) is 8.42 Å². The fraction of sp³-hybridized carbons (Fsp3) is 0.364. The van der Waals surface area contributed by atoms with Gasteiger partial charge in [-0.05, 0) is 47.3 Å². The lowest BCUT2D eigenvalue weighted by Gasteiger charge is -2.35. The SMILES string of the molecule is N#CC1(NS(=O)(=O)c2ccccc2Br)CCC1. The van der Waals surface area contributed by atoms with E-state index in [1.165, 1.54) is 6.07 Å². The van der Waals surface area contributed by atoms with Crippen molar-refractivity contribution in [3.05, 3.63) is 28.7 Å². The molecular formula is C11H11BrN2O2S. The van der Waals surface area contributed by atoms with Crippen LogP contribution in [0.4, 0.5) is 0 Å². The standard InChI is InChI=1S/C11H11BrN2O2S/c12-9-4-1-2-5-10(9)17(15,16)14-11(8-13)6-3-7-11/h1-2,4-5,14H,3,6-7H2. The van der Waals surface area contributed by atoms with Crippen molar-refractivity contribution in [3.8, 4) is 6.07 Å². The van der Waals surface area contributed by atoms with E-state index in [0.717, 1.165) is 6.42 Å². The van der Waals surface area contributed by atoms with Crippen LogP contribution in [-0.4, -0.2) is 14.0 Å². The van der Waals surface area contributed by atoms with Crippen LogP contribution in [0.1, 0.15) is 19.3 Å². The van der Waals surface area contributed by atoms with Crippen LogP contribution in [0.5, 0.6) is 0 Å². The maximum absolute atomic E-state index is 12.1. The molecule has 0 unspecified atom stereocenters. The minimum atomic E-state index is -3.64. The summed E-state index contributed by atoms with van der Waals surface area (Å²) in [7, 11) is -3.64. The van der Waals surface area contributed by atoms with Crippen LogP contribution in [-0.2, 0) is 10.0 Å². The highest BCUT2D eigenvalue weighted by molar-refractivity contribution is 9.10. The van der Waals surface area contributed by atoms with Gasteiger partial charge in [0.2, 0.25) is 10.0 Å². The van der Waals surface area contributed by atoms with Crippen LogP contribution in [0.3, 0.4) is 0 Å². The summed E-state index contributed by atoms with van der Waals surface area (Å²) in [5, 5.41) is 9.03. The first kappa shape index (κ1) is 12.6. The van der Waals surface area contributed by atoms with Crippen molar-refractivity contribution >= 4 is 26.0 Å². The average molecular weight is 315 g/mol. The first-order valence-corrected chi connectivity index (χ1v) is 7.46. The number of rotatable bonds is 3. The van der Waals surface area contributed by atoms with Crippen LogP contribution in [0.15, 0.2) is 33.6 Å². The van der Waals surface area contributed by atoms with Gasteiger partial charge in [-0.15, -0.1) is 0 Å². The monoisotopic (exact) mass is 314 g/mol. The van der Waals surface area contributed by atoms with Gasteiger partial charge >= 0.3 is 0 Å². The van der Waals surface area contributed by atoms with Gasteiger partial charge in [0, 0.05) is 4.47 Å². The zero-order valence-corrected chi connectivity index (χ0v) is 11.4. The fourth-order valence-electron chi connectivity index (χ4n) is 1.74. The van der Waals surface area contributed by atoms with Gasteiger partial charge in [-0.1, -0.05) is 12.1 Å². The normalized spacial score (nSPS) is 18.1. The molecule has 0 atom stereocenters.